The molecule has 0 aromatic heterocycles. The summed E-state index contributed by atoms with van der Waals surface area (Å²) >= 11 is 0. The van der Waals surface area contributed by atoms with Gasteiger partial charge in [0, 0.05) is 0 Å². The van der Waals surface area contributed by atoms with Gasteiger partial charge >= 0.3 is 47.4 Å². The van der Waals surface area contributed by atoms with Crippen molar-refractivity contribution in [1.82, 2.24) is 0 Å². The summed E-state index contributed by atoms with van der Waals surface area (Å²) in [5, 5.41) is 0. The first-order valence-electron chi connectivity index (χ1n) is 10.6. The molecule has 228 valence electrons. The first kappa shape index (κ1) is 36.3. The third-order valence-electron chi connectivity index (χ3n) is 5.55. The standard InChI is InChI=1S/C19H22F17NO/c1-2-3-4-5-6-7-8-9-10(20)12(21,22)14(25,26)16(29,30)18(33,34)19(35,36)17(31,32)15(27,28)13(23,24)11(37)38/h10H,2-9H2,1H3,(H2,37,38). The Balaban J connectivity index is 6.20. The van der Waals surface area contributed by atoms with Crippen molar-refractivity contribution >= 4 is 5.91 Å². The SMILES string of the molecule is CCCCCCCCCC(F)C(F)(F)C(F)(F)C(F)(F)C(F)(F)C(F)(F)C(F)(F)C(F)(F)C(F)(F)C(N)=O. The van der Waals surface area contributed by atoms with Crippen LogP contribution in [-0.4, -0.2) is 59.5 Å². The molecule has 0 aliphatic rings. The average molecular weight is 603 g/mol. The second kappa shape index (κ2) is 11.4. The number of carbonyl (C=O) groups is 1. The predicted molar refractivity (Wildman–Crippen MR) is 96.3 cm³/mol. The molecular weight excluding hydrogens is 581 g/mol. The van der Waals surface area contributed by atoms with E-state index in [9.17, 15) is 79.4 Å². The second-order valence-electron chi connectivity index (χ2n) is 8.39. The maximum atomic E-state index is 13.8. The number of alkyl halides is 17. The molecule has 0 aromatic carbocycles. The van der Waals surface area contributed by atoms with Gasteiger partial charge in [0.05, 0.1) is 0 Å². The van der Waals surface area contributed by atoms with Crippen LogP contribution in [0.25, 0.3) is 0 Å². The third-order valence-corrected chi connectivity index (χ3v) is 5.55. The van der Waals surface area contributed by atoms with Crippen LogP contribution in [0.15, 0.2) is 0 Å². The van der Waals surface area contributed by atoms with E-state index in [-0.39, 0.29) is 12.8 Å². The Labute approximate surface area is 204 Å². The molecule has 0 saturated heterocycles. The normalized spacial score (nSPS) is 16.1. The Morgan fingerprint density at radius 2 is 0.868 bits per heavy atom. The number of rotatable bonds is 17. The van der Waals surface area contributed by atoms with Crippen molar-refractivity contribution in [2.24, 2.45) is 5.73 Å². The highest BCUT2D eigenvalue weighted by molar-refractivity contribution is 5.83. The molecule has 0 aromatic rings. The van der Waals surface area contributed by atoms with E-state index in [4.69, 9.17) is 0 Å². The van der Waals surface area contributed by atoms with Crippen molar-refractivity contribution in [2.45, 2.75) is 112 Å². The Hall–Kier alpha value is -1.72. The summed E-state index contributed by atoms with van der Waals surface area (Å²) < 4.78 is 231. The van der Waals surface area contributed by atoms with E-state index in [1.807, 2.05) is 6.92 Å². The van der Waals surface area contributed by atoms with Gasteiger partial charge in [0.25, 0.3) is 5.91 Å². The topological polar surface area (TPSA) is 43.1 Å². The lowest BCUT2D eigenvalue weighted by atomic mass is 9.86. The van der Waals surface area contributed by atoms with Crippen molar-refractivity contribution in [1.29, 1.82) is 0 Å². The number of hydrogen-bond acceptors (Lipinski definition) is 1. The highest BCUT2D eigenvalue weighted by Crippen LogP contribution is 2.64. The van der Waals surface area contributed by atoms with Crippen molar-refractivity contribution < 1.29 is 79.4 Å². The molecule has 1 unspecified atom stereocenters. The molecule has 1 atom stereocenters. The first-order valence-corrected chi connectivity index (χ1v) is 10.6. The monoisotopic (exact) mass is 603 g/mol. The molecule has 0 bridgehead atoms. The van der Waals surface area contributed by atoms with E-state index in [0.717, 1.165) is 12.8 Å². The van der Waals surface area contributed by atoms with Crippen LogP contribution in [0.3, 0.4) is 0 Å². The van der Waals surface area contributed by atoms with Crippen LogP contribution in [0.1, 0.15) is 58.3 Å². The molecule has 1 amide bonds. The molecule has 2 nitrogen and oxygen atoms in total. The van der Waals surface area contributed by atoms with Crippen LogP contribution in [-0.2, 0) is 4.79 Å². The van der Waals surface area contributed by atoms with E-state index in [1.165, 1.54) is 0 Å². The van der Waals surface area contributed by atoms with Crippen LogP contribution in [0.5, 0.6) is 0 Å². The quantitative estimate of drug-likeness (QED) is 0.133. The number of amides is 1. The van der Waals surface area contributed by atoms with Crippen LogP contribution < -0.4 is 5.73 Å². The van der Waals surface area contributed by atoms with Gasteiger partial charge < -0.3 is 5.73 Å². The molecule has 19 heteroatoms. The minimum Gasteiger partial charge on any atom is -0.364 e. The molecule has 0 spiro atoms. The molecular formula is C19H22F17NO. The number of halogens is 17. The van der Waals surface area contributed by atoms with Gasteiger partial charge in [-0.3, -0.25) is 4.79 Å². The van der Waals surface area contributed by atoms with E-state index >= 15 is 0 Å². The zero-order chi connectivity index (χ0) is 30.8. The zero-order valence-corrected chi connectivity index (χ0v) is 19.1. The summed E-state index contributed by atoms with van der Waals surface area (Å²) in [7, 11) is 0. The van der Waals surface area contributed by atoms with Gasteiger partial charge in [-0.25, -0.2) is 4.39 Å². The van der Waals surface area contributed by atoms with Gasteiger partial charge in [-0.05, 0) is 6.42 Å². The van der Waals surface area contributed by atoms with Gasteiger partial charge in [0.2, 0.25) is 0 Å². The molecule has 0 saturated carbocycles. The molecule has 38 heavy (non-hydrogen) atoms. The van der Waals surface area contributed by atoms with Crippen LogP contribution in [0.2, 0.25) is 0 Å². The minimum atomic E-state index is -8.68. The molecule has 0 radical (unpaired) electrons. The Kier molecular flexibility index (Phi) is 10.9. The van der Waals surface area contributed by atoms with E-state index in [1.54, 1.807) is 0 Å². The smallest absolute Gasteiger partial charge is 0.364 e. The Morgan fingerprint density at radius 3 is 1.24 bits per heavy atom. The summed E-state index contributed by atoms with van der Waals surface area (Å²) in [5.74, 6) is -68.3. The van der Waals surface area contributed by atoms with E-state index < -0.39 is 72.3 Å². The van der Waals surface area contributed by atoms with Crippen LogP contribution in [0, 0.1) is 0 Å². The largest absolute Gasteiger partial charge is 0.392 e. The summed E-state index contributed by atoms with van der Waals surface area (Å²) in [6, 6.07) is 0. The summed E-state index contributed by atoms with van der Waals surface area (Å²) in [5.41, 5.74) is 3.59. The van der Waals surface area contributed by atoms with Gasteiger partial charge in [-0.1, -0.05) is 51.9 Å². The van der Waals surface area contributed by atoms with Crippen molar-refractivity contribution in [3.8, 4) is 0 Å². The van der Waals surface area contributed by atoms with Gasteiger partial charge in [-0.15, -0.1) is 0 Å². The number of unbranched alkanes of at least 4 members (excludes halogenated alkanes) is 6. The first-order chi connectivity index (χ1) is 16.7. The highest BCUT2D eigenvalue weighted by atomic mass is 19.4. The summed E-state index contributed by atoms with van der Waals surface area (Å²) in [4.78, 5) is 10.2. The number of hydrogen-bond donors (Lipinski definition) is 1. The lowest BCUT2D eigenvalue weighted by molar-refractivity contribution is -0.452. The van der Waals surface area contributed by atoms with E-state index in [2.05, 4.69) is 5.73 Å². The lowest BCUT2D eigenvalue weighted by Gasteiger charge is -2.43. The predicted octanol–water partition coefficient (Wildman–Crippen LogP) is 8.03. The maximum absolute atomic E-state index is 13.8. The number of nitrogens with two attached hydrogens (primary N) is 1. The zero-order valence-electron chi connectivity index (χ0n) is 19.1. The fraction of sp³-hybridized carbons (Fsp3) is 0.947. The third kappa shape index (κ3) is 5.61. The second-order valence-corrected chi connectivity index (χ2v) is 8.39. The fourth-order valence-corrected chi connectivity index (χ4v) is 3.01. The van der Waals surface area contributed by atoms with Crippen LogP contribution >= 0.6 is 0 Å². The van der Waals surface area contributed by atoms with Crippen molar-refractivity contribution in [3.05, 3.63) is 0 Å². The molecule has 2 N–H and O–H groups in total. The van der Waals surface area contributed by atoms with Gasteiger partial charge in [-0.2, -0.15) is 70.2 Å². The van der Waals surface area contributed by atoms with Crippen LogP contribution in [0.4, 0.5) is 74.6 Å². The Morgan fingerprint density at radius 1 is 0.553 bits per heavy atom. The molecule has 0 fully saturated rings. The molecule has 0 aliphatic carbocycles. The lowest BCUT2D eigenvalue weighted by Crippen LogP contribution is -2.76. The average Bonchev–Trinajstić information content (AvgIpc) is 2.76. The summed E-state index contributed by atoms with van der Waals surface area (Å²) in [6.07, 6.45) is -4.31. The number of primary amides is 1. The van der Waals surface area contributed by atoms with Crippen molar-refractivity contribution in [2.75, 3.05) is 0 Å². The summed E-state index contributed by atoms with van der Waals surface area (Å²) in [6.45, 7) is 1.81. The van der Waals surface area contributed by atoms with Gasteiger partial charge in [0.15, 0.2) is 6.17 Å². The van der Waals surface area contributed by atoms with Gasteiger partial charge in [0.1, 0.15) is 0 Å². The minimum absolute atomic E-state index is 0.161. The number of carbonyl (C=O) groups excluding carboxylic acids is 1. The molecule has 0 aliphatic heterocycles. The Bertz CT molecular complexity index is 796. The van der Waals surface area contributed by atoms with Crippen molar-refractivity contribution in [3.63, 3.8) is 0 Å². The fourth-order valence-electron chi connectivity index (χ4n) is 3.01. The maximum Gasteiger partial charge on any atom is 0.392 e. The molecule has 0 rings (SSSR count). The van der Waals surface area contributed by atoms with E-state index in [0.29, 0.717) is 12.8 Å². The molecule has 0 heterocycles. The highest BCUT2D eigenvalue weighted by Gasteiger charge is 2.95.